The van der Waals surface area contributed by atoms with Gasteiger partial charge in [-0.1, -0.05) is 0 Å². The summed E-state index contributed by atoms with van der Waals surface area (Å²) in [5.74, 6) is -0.00653. The van der Waals surface area contributed by atoms with Crippen molar-refractivity contribution in [2.24, 2.45) is 5.73 Å². The first-order valence-corrected chi connectivity index (χ1v) is 7.69. The van der Waals surface area contributed by atoms with Crippen molar-refractivity contribution in [2.45, 2.75) is 19.3 Å². The van der Waals surface area contributed by atoms with Crippen molar-refractivity contribution in [1.29, 1.82) is 0 Å². The van der Waals surface area contributed by atoms with Crippen LogP contribution in [0, 0.1) is 0 Å². The zero-order chi connectivity index (χ0) is 14.5. The average Bonchev–Trinajstić information content (AvgIpc) is 2.38. The first-order valence-electron chi connectivity index (χ1n) is 6.23. The van der Waals surface area contributed by atoms with Gasteiger partial charge in [0.2, 0.25) is 0 Å². The number of nitrogens with one attached hydrogen (secondary N) is 2. The first kappa shape index (κ1) is 14.9. The number of hydrogen-bond acceptors (Lipinski definition) is 4. The number of anilines is 2. The van der Waals surface area contributed by atoms with Gasteiger partial charge in [-0.25, -0.2) is 0 Å². The Bertz CT molecular complexity index is 560. The first-order chi connectivity index (χ1) is 9.58. The van der Waals surface area contributed by atoms with Crippen LogP contribution < -0.4 is 16.4 Å². The van der Waals surface area contributed by atoms with Crippen LogP contribution in [0.5, 0.6) is 0 Å². The van der Waals surface area contributed by atoms with Crippen LogP contribution in [0.25, 0.3) is 0 Å². The van der Waals surface area contributed by atoms with Gasteiger partial charge < -0.3 is 0 Å². The third-order valence-electron chi connectivity index (χ3n) is 2.81. The van der Waals surface area contributed by atoms with Crippen LogP contribution in [0.2, 0.25) is 0 Å². The number of rotatable bonds is 4. The van der Waals surface area contributed by atoms with Gasteiger partial charge in [0.25, 0.3) is 0 Å². The van der Waals surface area contributed by atoms with Crippen molar-refractivity contribution in [3.05, 3.63) is 23.8 Å². The fraction of sp³-hybridized carbons (Fsp3) is 0.308. The summed E-state index contributed by atoms with van der Waals surface area (Å²) in [5.41, 5.74) is 7.79. The van der Waals surface area contributed by atoms with Crippen molar-refractivity contribution in [3.63, 3.8) is 0 Å². The Balaban J connectivity index is 2.00. The van der Waals surface area contributed by atoms with E-state index in [-0.39, 0.29) is 5.91 Å². The molecule has 1 aliphatic heterocycles. The molecule has 1 heterocycles. The molecule has 0 saturated heterocycles. The third-order valence-corrected chi connectivity index (χ3v) is 3.84. The van der Waals surface area contributed by atoms with Crippen molar-refractivity contribution < 1.29 is 33.7 Å². The van der Waals surface area contributed by atoms with Gasteiger partial charge in [-0.3, -0.25) is 0 Å². The molecule has 4 N–H and O–H groups in total. The number of hydrogen-bond donors (Lipinski definition) is 3. The van der Waals surface area contributed by atoms with Crippen LogP contribution in [-0.2, 0) is 35.3 Å². The van der Waals surface area contributed by atoms with Crippen LogP contribution in [0.1, 0.15) is 18.4 Å². The van der Waals surface area contributed by atoms with E-state index in [0.29, 0.717) is 29.2 Å². The van der Waals surface area contributed by atoms with Crippen molar-refractivity contribution >= 4 is 27.5 Å². The number of benzene rings is 1. The van der Waals surface area contributed by atoms with Crippen molar-refractivity contribution in [1.82, 2.24) is 0 Å². The predicted octanol–water partition coefficient (Wildman–Crippen LogP) is 1.15. The molecular weight excluding hydrogens is 430 g/mol. The number of ether oxygens (including phenoxy) is 1. The normalized spacial score (nSPS) is 13.2. The van der Waals surface area contributed by atoms with E-state index in [2.05, 4.69) is 10.6 Å². The Morgan fingerprint density at radius 1 is 1.45 bits per heavy atom. The molecule has 0 saturated carbocycles. The van der Waals surface area contributed by atoms with Gasteiger partial charge in [-0.15, -0.1) is 0 Å². The van der Waals surface area contributed by atoms with E-state index in [0.717, 1.165) is 37.0 Å². The van der Waals surface area contributed by atoms with Gasteiger partial charge in [0.05, 0.1) is 0 Å². The monoisotopic (exact) mass is 445 g/mol. The Morgan fingerprint density at radius 2 is 2.25 bits per heavy atom. The second kappa shape index (κ2) is 6.77. The van der Waals surface area contributed by atoms with Crippen LogP contribution in [0.3, 0.4) is 0 Å². The molecular formula is C13H15N3O3W. The zero-order valence-corrected chi connectivity index (χ0v) is 13.7. The summed E-state index contributed by atoms with van der Waals surface area (Å²) in [5, 5.41) is 5.42. The molecule has 6 nitrogen and oxygen atoms in total. The number of aryl methyl sites for hydroxylation is 1. The quantitative estimate of drug-likeness (QED) is 0.649. The van der Waals surface area contributed by atoms with Crippen molar-refractivity contribution in [3.8, 4) is 0 Å². The Hall–Kier alpha value is -1.52. The maximum atomic E-state index is 11.7. The second-order valence-electron chi connectivity index (χ2n) is 4.35. The molecule has 0 fully saturated rings. The summed E-state index contributed by atoms with van der Waals surface area (Å²) in [4.78, 5) is 23.0. The summed E-state index contributed by atoms with van der Waals surface area (Å²) >= 11 is 1.08. The van der Waals surface area contributed by atoms with Crippen LogP contribution in [0.4, 0.5) is 16.2 Å². The zero-order valence-electron chi connectivity index (χ0n) is 10.8. The molecule has 1 aromatic carbocycles. The molecule has 2 rings (SSSR count). The molecule has 0 spiro atoms. The molecule has 0 atom stereocenters. The fourth-order valence-electron chi connectivity index (χ4n) is 1.87. The van der Waals surface area contributed by atoms with E-state index in [9.17, 15) is 9.59 Å². The number of nitrogens with two attached hydrogens (primary N) is 1. The fourth-order valence-corrected chi connectivity index (χ4v) is 2.56. The standard InChI is InChI=1S/C13H15N3O3.W/c14-6-1-7-19-13(18)15-10-4-2-9-3-5-12(17)16-11(9)8-10;/h2,4,8H,1,3,5-6,14H2,(H,15,18)(H,16,17);. The Morgan fingerprint density at radius 3 is 3.00 bits per heavy atom. The van der Waals surface area contributed by atoms with E-state index < -0.39 is 6.09 Å². The van der Waals surface area contributed by atoms with Crippen LogP contribution >= 0.6 is 0 Å². The molecule has 0 aromatic heterocycles. The van der Waals surface area contributed by atoms with E-state index in [1.54, 1.807) is 12.1 Å². The van der Waals surface area contributed by atoms with E-state index >= 15 is 0 Å². The molecule has 0 radical (unpaired) electrons. The molecule has 0 aliphatic carbocycles. The van der Waals surface area contributed by atoms with Gasteiger partial charge >= 0.3 is 127 Å². The summed E-state index contributed by atoms with van der Waals surface area (Å²) in [6.07, 6.45) is 1.25. The predicted molar refractivity (Wildman–Crippen MR) is 72.2 cm³/mol. The molecule has 2 amide bonds. The Labute approximate surface area is 127 Å². The topological polar surface area (TPSA) is 93.4 Å². The van der Waals surface area contributed by atoms with E-state index in [1.807, 2.05) is 6.07 Å². The van der Waals surface area contributed by atoms with Crippen LogP contribution in [0.15, 0.2) is 18.2 Å². The SMILES string of the molecule is NCC[C](=[W])OC(=O)Nc1ccc2c(c1)NC(=O)CC2. The van der Waals surface area contributed by atoms with Gasteiger partial charge in [0.1, 0.15) is 0 Å². The molecule has 20 heavy (non-hydrogen) atoms. The maximum absolute atomic E-state index is 11.7. The average molecular weight is 445 g/mol. The number of carbonyl (C=O) groups excluding carboxylic acids is 2. The van der Waals surface area contributed by atoms with Gasteiger partial charge in [0, 0.05) is 0 Å². The van der Waals surface area contributed by atoms with Crippen molar-refractivity contribution in [2.75, 3.05) is 17.2 Å². The summed E-state index contributed by atoms with van der Waals surface area (Å²) < 4.78 is 5.75. The minimum absolute atomic E-state index is 0.00653. The molecule has 0 unspecified atom stereocenters. The van der Waals surface area contributed by atoms with E-state index in [4.69, 9.17) is 10.5 Å². The third kappa shape index (κ3) is 3.98. The van der Waals surface area contributed by atoms with Gasteiger partial charge in [-0.05, 0) is 0 Å². The number of carbonyl (C=O) groups is 2. The van der Waals surface area contributed by atoms with Crippen LogP contribution in [-0.4, -0.2) is 22.6 Å². The summed E-state index contributed by atoms with van der Waals surface area (Å²) in [6.45, 7) is 0.455. The number of amides is 2. The molecule has 0 bridgehead atoms. The Kier molecular flexibility index (Phi) is 5.04. The minimum atomic E-state index is -0.537. The molecule has 1 aromatic rings. The molecule has 7 heteroatoms. The van der Waals surface area contributed by atoms with Gasteiger partial charge in [0.15, 0.2) is 0 Å². The van der Waals surface area contributed by atoms with E-state index in [1.165, 1.54) is 0 Å². The van der Waals surface area contributed by atoms with Gasteiger partial charge in [-0.2, -0.15) is 0 Å². The number of fused-ring (bicyclic) bond motifs is 1. The molecule has 106 valence electrons. The summed E-state index contributed by atoms with van der Waals surface area (Å²) in [6, 6.07) is 5.42. The second-order valence-corrected chi connectivity index (χ2v) is 5.98. The molecule has 1 aliphatic rings. The summed E-state index contributed by atoms with van der Waals surface area (Å²) in [7, 11) is 0.